The molecule has 2 aromatic heterocycles. The minimum absolute atomic E-state index is 0.222. The lowest BCUT2D eigenvalue weighted by Crippen LogP contribution is -2.36. The number of nitrogens with zero attached hydrogens (tertiary/aromatic N) is 2. The van der Waals surface area contributed by atoms with Crippen LogP contribution < -0.4 is 0 Å². The minimum atomic E-state index is 0.222. The SMILES string of the molecule is C1=CC2c3ccccc3C3(CCCCC3)C2C(c2cccc3c2sc2ccc(-c4nc(-c5ccccc5)cc(-c5ccccc5)n4)cc23)=C1. The molecule has 2 nitrogen and oxygen atoms in total. The maximum atomic E-state index is 5.14. The van der Waals surface area contributed by atoms with Crippen LogP contribution in [0.5, 0.6) is 0 Å². The van der Waals surface area contributed by atoms with Gasteiger partial charge in [-0.05, 0) is 59.4 Å². The number of rotatable bonds is 4. The van der Waals surface area contributed by atoms with Crippen molar-refractivity contribution in [1.82, 2.24) is 9.97 Å². The van der Waals surface area contributed by atoms with Crippen molar-refractivity contribution in [2.45, 2.75) is 43.4 Å². The van der Waals surface area contributed by atoms with Gasteiger partial charge < -0.3 is 0 Å². The van der Waals surface area contributed by atoms with Gasteiger partial charge in [0.25, 0.3) is 0 Å². The summed E-state index contributed by atoms with van der Waals surface area (Å²) < 4.78 is 2.69. The zero-order valence-corrected chi connectivity index (χ0v) is 28.2. The molecule has 0 bridgehead atoms. The summed E-state index contributed by atoms with van der Waals surface area (Å²) in [6.45, 7) is 0. The van der Waals surface area contributed by atoms with Gasteiger partial charge in [-0.25, -0.2) is 9.97 Å². The van der Waals surface area contributed by atoms with Gasteiger partial charge in [0, 0.05) is 54.1 Å². The molecule has 0 radical (unpaired) electrons. The molecule has 1 fully saturated rings. The maximum Gasteiger partial charge on any atom is 0.160 e. The van der Waals surface area contributed by atoms with Crippen molar-refractivity contribution in [1.29, 1.82) is 0 Å². The van der Waals surface area contributed by atoms with Crippen LogP contribution in [0.15, 0.2) is 146 Å². The normalized spacial score (nSPS) is 19.2. The van der Waals surface area contributed by atoms with Crippen LogP contribution >= 0.6 is 11.3 Å². The average molecular weight is 649 g/mol. The average Bonchev–Trinajstić information content (AvgIpc) is 3.69. The van der Waals surface area contributed by atoms with Crippen molar-refractivity contribution in [3.8, 4) is 33.9 Å². The number of benzene rings is 5. The molecule has 236 valence electrons. The van der Waals surface area contributed by atoms with E-state index in [1.54, 1.807) is 11.1 Å². The molecule has 0 saturated heterocycles. The predicted molar refractivity (Wildman–Crippen MR) is 206 cm³/mol. The number of thiophene rings is 1. The molecule has 2 heterocycles. The van der Waals surface area contributed by atoms with Gasteiger partial charge in [0.05, 0.1) is 11.4 Å². The van der Waals surface area contributed by atoms with Gasteiger partial charge in [-0.1, -0.05) is 141 Å². The Kier molecular flexibility index (Phi) is 6.77. The second-order valence-electron chi connectivity index (χ2n) is 14.0. The summed E-state index contributed by atoms with van der Waals surface area (Å²) in [6, 6.07) is 46.1. The third-order valence-electron chi connectivity index (χ3n) is 11.4. The van der Waals surface area contributed by atoms with E-state index in [1.165, 1.54) is 63.4 Å². The van der Waals surface area contributed by atoms with E-state index in [0.29, 0.717) is 11.8 Å². The van der Waals surface area contributed by atoms with Crippen LogP contribution in [0, 0.1) is 5.92 Å². The van der Waals surface area contributed by atoms with Gasteiger partial charge in [0.2, 0.25) is 0 Å². The standard InChI is InChI=1S/C46H36N2S/c1-4-14-30(15-5-1)40-29-41(31-16-6-2-7-17-31)48-45(47-40)32-24-25-42-38(28-32)37-22-13-21-36(44(37)49-42)35-20-12-19-34-33-18-8-9-23-39(33)46(43(34)35)26-10-3-11-27-46/h1-2,4-9,12-25,28-29,34,43H,3,10-11,26-27H2. The quantitative estimate of drug-likeness (QED) is 0.190. The maximum absolute atomic E-state index is 5.14. The van der Waals surface area contributed by atoms with E-state index >= 15 is 0 Å². The molecule has 49 heavy (non-hydrogen) atoms. The first-order chi connectivity index (χ1) is 24.3. The molecule has 1 saturated carbocycles. The van der Waals surface area contributed by atoms with E-state index in [9.17, 15) is 0 Å². The topological polar surface area (TPSA) is 25.8 Å². The third-order valence-corrected chi connectivity index (χ3v) is 12.6. The van der Waals surface area contributed by atoms with Crippen LogP contribution in [0.2, 0.25) is 0 Å². The van der Waals surface area contributed by atoms with Gasteiger partial charge in [0.15, 0.2) is 5.82 Å². The zero-order chi connectivity index (χ0) is 32.4. The van der Waals surface area contributed by atoms with Crippen LogP contribution in [-0.4, -0.2) is 9.97 Å². The highest BCUT2D eigenvalue weighted by molar-refractivity contribution is 7.26. The van der Waals surface area contributed by atoms with E-state index in [4.69, 9.17) is 9.97 Å². The fourth-order valence-corrected chi connectivity index (χ4v) is 10.5. The van der Waals surface area contributed by atoms with Crippen molar-refractivity contribution in [3.63, 3.8) is 0 Å². The van der Waals surface area contributed by atoms with Crippen molar-refractivity contribution in [3.05, 3.63) is 162 Å². The summed E-state index contributed by atoms with van der Waals surface area (Å²) in [5.41, 5.74) is 11.4. The summed E-state index contributed by atoms with van der Waals surface area (Å²) in [4.78, 5) is 10.3. The summed E-state index contributed by atoms with van der Waals surface area (Å²) in [5, 5.41) is 2.60. The van der Waals surface area contributed by atoms with Gasteiger partial charge in [-0.2, -0.15) is 0 Å². The fourth-order valence-electron chi connectivity index (χ4n) is 9.30. The number of hydrogen-bond acceptors (Lipinski definition) is 3. The van der Waals surface area contributed by atoms with Crippen molar-refractivity contribution in [2.24, 2.45) is 5.92 Å². The summed E-state index contributed by atoms with van der Waals surface area (Å²) >= 11 is 1.93. The summed E-state index contributed by atoms with van der Waals surface area (Å²) in [7, 11) is 0. The van der Waals surface area contributed by atoms with E-state index in [-0.39, 0.29) is 5.41 Å². The molecule has 3 heteroatoms. The van der Waals surface area contributed by atoms with Crippen molar-refractivity contribution in [2.75, 3.05) is 0 Å². The highest BCUT2D eigenvalue weighted by Crippen LogP contribution is 2.63. The Morgan fingerprint density at radius 3 is 2.08 bits per heavy atom. The third kappa shape index (κ3) is 4.60. The zero-order valence-electron chi connectivity index (χ0n) is 27.3. The van der Waals surface area contributed by atoms with Gasteiger partial charge in [-0.3, -0.25) is 0 Å². The molecule has 7 aromatic rings. The van der Waals surface area contributed by atoms with E-state index in [0.717, 1.165) is 33.9 Å². The smallest absolute Gasteiger partial charge is 0.160 e. The van der Waals surface area contributed by atoms with Gasteiger partial charge >= 0.3 is 0 Å². The number of hydrogen-bond donors (Lipinski definition) is 0. The lowest BCUT2D eigenvalue weighted by atomic mass is 9.60. The van der Waals surface area contributed by atoms with Crippen molar-refractivity contribution >= 4 is 37.1 Å². The monoisotopic (exact) mass is 648 g/mol. The molecule has 10 rings (SSSR count). The van der Waals surface area contributed by atoms with Gasteiger partial charge in [-0.15, -0.1) is 11.3 Å². The Labute approximate surface area is 291 Å². The molecular formula is C46H36N2S. The first-order valence-electron chi connectivity index (χ1n) is 17.7. The Morgan fingerprint density at radius 2 is 1.33 bits per heavy atom. The van der Waals surface area contributed by atoms with Crippen LogP contribution in [0.4, 0.5) is 0 Å². The molecule has 3 aliphatic carbocycles. The molecule has 0 aliphatic heterocycles. The van der Waals surface area contributed by atoms with Crippen LogP contribution in [0.25, 0.3) is 59.6 Å². The van der Waals surface area contributed by atoms with Crippen LogP contribution in [-0.2, 0) is 5.41 Å². The molecule has 0 N–H and O–H groups in total. The van der Waals surface area contributed by atoms with Crippen LogP contribution in [0.1, 0.15) is 54.7 Å². The molecule has 1 spiro atoms. The number of fused-ring (bicyclic) bond motifs is 8. The number of allylic oxidation sites excluding steroid dienone is 4. The van der Waals surface area contributed by atoms with Crippen molar-refractivity contribution < 1.29 is 0 Å². The summed E-state index contributed by atoms with van der Waals surface area (Å²) in [5.74, 6) is 1.68. The largest absolute Gasteiger partial charge is 0.228 e. The molecule has 0 amide bonds. The molecule has 2 atom stereocenters. The molecular weight excluding hydrogens is 613 g/mol. The Bertz CT molecular complexity index is 2370. The Morgan fingerprint density at radius 1 is 0.612 bits per heavy atom. The first kappa shape index (κ1) is 28.9. The molecule has 2 unspecified atom stereocenters. The highest BCUT2D eigenvalue weighted by atomic mass is 32.1. The summed E-state index contributed by atoms with van der Waals surface area (Å²) in [6.07, 6.45) is 13.8. The second-order valence-corrected chi connectivity index (χ2v) is 15.1. The molecule has 3 aliphatic rings. The lowest BCUT2D eigenvalue weighted by molar-refractivity contribution is 0.240. The second kappa shape index (κ2) is 11.5. The Hall–Kier alpha value is -5.12. The Balaban J connectivity index is 1.11. The lowest BCUT2D eigenvalue weighted by Gasteiger charge is -2.43. The molecule has 5 aromatic carbocycles. The highest BCUT2D eigenvalue weighted by Gasteiger charge is 2.53. The van der Waals surface area contributed by atoms with Gasteiger partial charge in [0.1, 0.15) is 0 Å². The fraction of sp³-hybridized carbons (Fsp3) is 0.174. The van der Waals surface area contributed by atoms with E-state index in [1.807, 2.05) is 23.5 Å². The minimum Gasteiger partial charge on any atom is -0.228 e. The number of aromatic nitrogens is 2. The first-order valence-corrected chi connectivity index (χ1v) is 18.5. The van der Waals surface area contributed by atoms with Crippen LogP contribution in [0.3, 0.4) is 0 Å². The van der Waals surface area contributed by atoms with E-state index in [2.05, 4.69) is 133 Å². The predicted octanol–water partition coefficient (Wildman–Crippen LogP) is 12.4. The van der Waals surface area contributed by atoms with E-state index < -0.39 is 0 Å².